The van der Waals surface area contributed by atoms with E-state index < -0.39 is 11.6 Å². The molecule has 2 amide bonds. The molecule has 4 heterocycles. The second kappa shape index (κ2) is 9.86. The highest BCUT2D eigenvalue weighted by Gasteiger charge is 2.30. The number of aryl methyl sites for hydroxylation is 1. The molecular formula is C25H30BrN9O3. The Morgan fingerprint density at radius 3 is 2.47 bits per heavy atom. The predicted octanol–water partition coefficient (Wildman–Crippen LogP) is 3.32. The third-order valence-electron chi connectivity index (χ3n) is 6.18. The van der Waals surface area contributed by atoms with E-state index in [2.05, 4.69) is 31.4 Å². The number of anilines is 1. The summed E-state index contributed by atoms with van der Waals surface area (Å²) in [5.74, 6) is 0.812. The molecule has 0 aliphatic carbocycles. The molecule has 38 heavy (non-hydrogen) atoms. The monoisotopic (exact) mass is 583 g/mol. The van der Waals surface area contributed by atoms with Crippen molar-refractivity contribution in [1.82, 2.24) is 39.2 Å². The Morgan fingerprint density at radius 1 is 1.11 bits per heavy atom. The van der Waals surface area contributed by atoms with Gasteiger partial charge >= 0.3 is 6.09 Å². The Hall–Kier alpha value is -3.74. The van der Waals surface area contributed by atoms with Crippen molar-refractivity contribution < 1.29 is 14.3 Å². The average Bonchev–Trinajstić information content (AvgIpc) is 3.50. The molecule has 0 saturated carbocycles. The molecule has 1 aliphatic rings. The summed E-state index contributed by atoms with van der Waals surface area (Å²) < 4.78 is 9.58. The van der Waals surface area contributed by atoms with E-state index in [4.69, 9.17) is 14.7 Å². The van der Waals surface area contributed by atoms with Crippen molar-refractivity contribution >= 4 is 50.4 Å². The number of fused-ring (bicyclic) bond motifs is 3. The topological polar surface area (TPSA) is 123 Å². The summed E-state index contributed by atoms with van der Waals surface area (Å²) in [7, 11) is 1.83. The highest BCUT2D eigenvalue weighted by Crippen LogP contribution is 2.29. The molecule has 1 fully saturated rings. The average molecular weight is 584 g/mol. The van der Waals surface area contributed by atoms with Gasteiger partial charge in [0, 0.05) is 49.3 Å². The smallest absolute Gasteiger partial charge is 0.410 e. The lowest BCUT2D eigenvalue weighted by molar-refractivity contribution is -0.133. The normalized spacial score (nSPS) is 15.2. The first-order valence-corrected chi connectivity index (χ1v) is 13.2. The van der Waals surface area contributed by atoms with E-state index in [0.717, 1.165) is 15.4 Å². The van der Waals surface area contributed by atoms with Gasteiger partial charge in [-0.2, -0.15) is 9.61 Å². The number of nitrogens with one attached hydrogen (secondary N) is 1. The Morgan fingerprint density at radius 2 is 1.82 bits per heavy atom. The van der Waals surface area contributed by atoms with Crippen LogP contribution in [0.5, 0.6) is 0 Å². The molecule has 5 rings (SSSR count). The summed E-state index contributed by atoms with van der Waals surface area (Å²) in [6, 6.07) is 5.17. The number of amides is 2. The number of piperazine rings is 1. The van der Waals surface area contributed by atoms with Gasteiger partial charge in [-0.15, -0.1) is 5.10 Å². The molecule has 0 unspecified atom stereocenters. The molecule has 0 radical (unpaired) electrons. The Balaban J connectivity index is 1.38. The van der Waals surface area contributed by atoms with Crippen LogP contribution in [0.3, 0.4) is 0 Å². The van der Waals surface area contributed by atoms with E-state index in [-0.39, 0.29) is 12.0 Å². The van der Waals surface area contributed by atoms with Crippen LogP contribution in [0.15, 0.2) is 35.1 Å². The number of carbonyl (C=O) groups excluding carboxylic acids is 2. The second-order valence-electron chi connectivity index (χ2n) is 10.3. The molecule has 3 aromatic heterocycles. The largest absolute Gasteiger partial charge is 0.444 e. The first-order valence-electron chi connectivity index (χ1n) is 12.4. The third kappa shape index (κ3) is 5.15. The summed E-state index contributed by atoms with van der Waals surface area (Å²) in [5.41, 5.74) is 1.53. The van der Waals surface area contributed by atoms with Gasteiger partial charge in [-0.25, -0.2) is 14.8 Å². The number of carbonyl (C=O) groups is 2. The van der Waals surface area contributed by atoms with E-state index in [1.165, 1.54) is 0 Å². The lowest BCUT2D eigenvalue weighted by Gasteiger charge is -2.36. The van der Waals surface area contributed by atoms with Gasteiger partial charge in [0.2, 0.25) is 11.9 Å². The van der Waals surface area contributed by atoms with Gasteiger partial charge in [0.05, 0.1) is 17.3 Å². The summed E-state index contributed by atoms with van der Waals surface area (Å²) in [5, 5.41) is 13.0. The summed E-state index contributed by atoms with van der Waals surface area (Å²) in [4.78, 5) is 38.7. The Kier molecular flexibility index (Phi) is 6.72. The minimum absolute atomic E-state index is 0.0939. The standard InChI is InChI=1S/C25H30BrN9O3/c1-15(22(36)33-9-11-34(12-10-33)24(37)38-25(2,3)4)28-23-29-19-17(7-6-8-18(19)26)21-30-20(31-35(21)23)16-13-27-32(5)14-16/h6-8,13-15H,9-12H2,1-5H3,(H,28,29)/t15-/m1/s1. The van der Waals surface area contributed by atoms with Gasteiger partial charge in [-0.05, 0) is 55.8 Å². The van der Waals surface area contributed by atoms with Crippen LogP contribution in [-0.2, 0) is 16.6 Å². The van der Waals surface area contributed by atoms with Crippen molar-refractivity contribution in [3.05, 3.63) is 35.1 Å². The van der Waals surface area contributed by atoms with Crippen molar-refractivity contribution in [2.45, 2.75) is 39.3 Å². The van der Waals surface area contributed by atoms with Crippen molar-refractivity contribution in [1.29, 1.82) is 0 Å². The highest BCUT2D eigenvalue weighted by atomic mass is 79.9. The highest BCUT2D eigenvalue weighted by molar-refractivity contribution is 9.10. The Bertz CT molecular complexity index is 1520. The van der Waals surface area contributed by atoms with E-state index in [9.17, 15) is 9.59 Å². The van der Waals surface area contributed by atoms with Crippen LogP contribution in [0.2, 0.25) is 0 Å². The summed E-state index contributed by atoms with van der Waals surface area (Å²) in [6.07, 6.45) is 3.19. The lowest BCUT2D eigenvalue weighted by atomic mass is 10.2. The molecule has 1 saturated heterocycles. The molecular weight excluding hydrogens is 554 g/mol. The number of aromatic nitrogens is 6. The lowest BCUT2D eigenvalue weighted by Crippen LogP contribution is -2.54. The zero-order valence-corrected chi connectivity index (χ0v) is 23.6. The van der Waals surface area contributed by atoms with E-state index in [1.54, 1.807) is 32.1 Å². The fourth-order valence-corrected chi connectivity index (χ4v) is 4.77. The quantitative estimate of drug-likeness (QED) is 0.388. The number of para-hydroxylation sites is 1. The number of hydrogen-bond donors (Lipinski definition) is 1. The van der Waals surface area contributed by atoms with Gasteiger partial charge < -0.3 is 19.9 Å². The van der Waals surface area contributed by atoms with Crippen molar-refractivity contribution in [3.63, 3.8) is 0 Å². The second-order valence-corrected chi connectivity index (χ2v) is 11.2. The molecule has 0 spiro atoms. The van der Waals surface area contributed by atoms with E-state index in [1.807, 2.05) is 52.2 Å². The maximum absolute atomic E-state index is 13.3. The molecule has 1 atom stereocenters. The van der Waals surface area contributed by atoms with Gasteiger partial charge in [-0.3, -0.25) is 9.48 Å². The number of ether oxygens (including phenoxy) is 1. The van der Waals surface area contributed by atoms with Crippen LogP contribution in [0, 0.1) is 0 Å². The molecule has 13 heteroatoms. The molecule has 4 aromatic rings. The minimum atomic E-state index is -0.593. The van der Waals surface area contributed by atoms with Gasteiger partial charge in [-0.1, -0.05) is 6.07 Å². The number of nitrogens with zero attached hydrogens (tertiary/aromatic N) is 8. The maximum atomic E-state index is 13.3. The van der Waals surface area contributed by atoms with Crippen LogP contribution in [-0.4, -0.2) is 89.0 Å². The summed E-state index contributed by atoms with van der Waals surface area (Å²) in [6.45, 7) is 8.97. The van der Waals surface area contributed by atoms with E-state index in [0.29, 0.717) is 49.1 Å². The molecule has 12 nitrogen and oxygen atoms in total. The van der Waals surface area contributed by atoms with Crippen LogP contribution in [0.25, 0.3) is 27.9 Å². The molecule has 1 aliphatic heterocycles. The fourth-order valence-electron chi connectivity index (χ4n) is 4.31. The van der Waals surface area contributed by atoms with E-state index >= 15 is 0 Å². The first-order chi connectivity index (χ1) is 18.0. The number of hydrogen-bond acceptors (Lipinski definition) is 8. The van der Waals surface area contributed by atoms with Crippen molar-refractivity contribution in [2.24, 2.45) is 7.05 Å². The van der Waals surface area contributed by atoms with Crippen LogP contribution >= 0.6 is 15.9 Å². The van der Waals surface area contributed by atoms with Crippen LogP contribution < -0.4 is 5.32 Å². The number of benzene rings is 1. The molecule has 1 N–H and O–H groups in total. The van der Waals surface area contributed by atoms with Gasteiger partial charge in [0.15, 0.2) is 11.5 Å². The first kappa shape index (κ1) is 25.9. The maximum Gasteiger partial charge on any atom is 0.410 e. The van der Waals surface area contributed by atoms with Crippen molar-refractivity contribution in [3.8, 4) is 11.4 Å². The van der Waals surface area contributed by atoms with Crippen molar-refractivity contribution in [2.75, 3.05) is 31.5 Å². The zero-order valence-electron chi connectivity index (χ0n) is 22.0. The zero-order chi connectivity index (χ0) is 27.2. The van der Waals surface area contributed by atoms with Crippen LogP contribution in [0.4, 0.5) is 10.7 Å². The molecule has 0 bridgehead atoms. The predicted molar refractivity (Wildman–Crippen MR) is 146 cm³/mol. The summed E-state index contributed by atoms with van der Waals surface area (Å²) >= 11 is 3.59. The third-order valence-corrected chi connectivity index (χ3v) is 6.82. The van der Waals surface area contributed by atoms with Gasteiger partial charge in [0.1, 0.15) is 11.6 Å². The Labute approximate surface area is 228 Å². The van der Waals surface area contributed by atoms with Crippen LogP contribution in [0.1, 0.15) is 27.7 Å². The fraction of sp³-hybridized carbons (Fsp3) is 0.440. The number of halogens is 1. The number of rotatable bonds is 4. The molecule has 200 valence electrons. The minimum Gasteiger partial charge on any atom is -0.444 e. The molecule has 1 aromatic carbocycles. The van der Waals surface area contributed by atoms with Gasteiger partial charge in [0.25, 0.3) is 0 Å². The SMILES string of the molecule is C[C@@H](Nc1nc2c(Br)cccc2c2nc(-c3cnn(C)c3)nn12)C(=O)N1CCN(C(=O)OC(C)(C)C)CC1.